The Labute approximate surface area is 95.4 Å². The van der Waals surface area contributed by atoms with Crippen LogP contribution in [0.25, 0.3) is 0 Å². The summed E-state index contributed by atoms with van der Waals surface area (Å²) in [5.41, 5.74) is 0. The minimum atomic E-state index is -0.646. The fraction of sp³-hybridized carbons (Fsp3) is 0.818. The van der Waals surface area contributed by atoms with Gasteiger partial charge in [-0.25, -0.2) is 0 Å². The van der Waals surface area contributed by atoms with Crippen molar-refractivity contribution >= 4 is 0 Å². The maximum atomic E-state index is 9.26. The quantitative estimate of drug-likeness (QED) is 0.833. The van der Waals surface area contributed by atoms with Crippen LogP contribution < -0.4 is 0 Å². The SMILES string of the molecule is CC(O)c1noc(CCN2CCCCC2)n1. The fourth-order valence-corrected chi connectivity index (χ4v) is 1.98. The summed E-state index contributed by atoms with van der Waals surface area (Å²) in [4.78, 5) is 6.57. The van der Waals surface area contributed by atoms with Gasteiger partial charge in [0.15, 0.2) is 5.82 Å². The highest BCUT2D eigenvalue weighted by Crippen LogP contribution is 2.11. The number of aliphatic hydroxyl groups is 1. The van der Waals surface area contributed by atoms with Crippen molar-refractivity contribution in [3.63, 3.8) is 0 Å². The summed E-state index contributed by atoms with van der Waals surface area (Å²) < 4.78 is 5.07. The largest absolute Gasteiger partial charge is 0.385 e. The Balaban J connectivity index is 1.79. The lowest BCUT2D eigenvalue weighted by Crippen LogP contribution is -2.31. The maximum absolute atomic E-state index is 9.26. The average Bonchev–Trinajstić information content (AvgIpc) is 2.76. The predicted molar refractivity (Wildman–Crippen MR) is 58.9 cm³/mol. The van der Waals surface area contributed by atoms with E-state index < -0.39 is 6.10 Å². The second-order valence-electron chi connectivity index (χ2n) is 4.37. The second-order valence-corrected chi connectivity index (χ2v) is 4.37. The number of hydrogen-bond acceptors (Lipinski definition) is 5. The van der Waals surface area contributed by atoms with Gasteiger partial charge >= 0.3 is 0 Å². The van der Waals surface area contributed by atoms with Crippen LogP contribution in [0.5, 0.6) is 0 Å². The van der Waals surface area contributed by atoms with Gasteiger partial charge in [-0.2, -0.15) is 4.98 Å². The number of piperidine rings is 1. The van der Waals surface area contributed by atoms with Crippen LogP contribution in [0, 0.1) is 0 Å². The molecule has 5 nitrogen and oxygen atoms in total. The minimum absolute atomic E-state index is 0.383. The van der Waals surface area contributed by atoms with E-state index in [2.05, 4.69) is 15.0 Å². The Hall–Kier alpha value is -0.940. The molecule has 1 N–H and O–H groups in total. The average molecular weight is 225 g/mol. The zero-order valence-electron chi connectivity index (χ0n) is 9.72. The van der Waals surface area contributed by atoms with Crippen LogP contribution in [0.15, 0.2) is 4.52 Å². The molecule has 1 aromatic rings. The highest BCUT2D eigenvalue weighted by molar-refractivity contribution is 4.89. The molecule has 1 fully saturated rings. The van der Waals surface area contributed by atoms with E-state index in [1.165, 1.54) is 32.4 Å². The number of nitrogens with zero attached hydrogens (tertiary/aromatic N) is 3. The van der Waals surface area contributed by atoms with Crippen LogP contribution >= 0.6 is 0 Å². The zero-order chi connectivity index (χ0) is 11.4. The number of aromatic nitrogens is 2. The van der Waals surface area contributed by atoms with Crippen molar-refractivity contribution in [2.24, 2.45) is 0 Å². The number of rotatable bonds is 4. The van der Waals surface area contributed by atoms with Gasteiger partial charge in [-0.3, -0.25) is 0 Å². The smallest absolute Gasteiger partial charge is 0.228 e. The second kappa shape index (κ2) is 5.41. The zero-order valence-corrected chi connectivity index (χ0v) is 9.72. The molecule has 0 amide bonds. The van der Waals surface area contributed by atoms with E-state index >= 15 is 0 Å². The van der Waals surface area contributed by atoms with Crippen LogP contribution in [-0.4, -0.2) is 39.8 Å². The van der Waals surface area contributed by atoms with E-state index in [9.17, 15) is 5.11 Å². The number of likely N-dealkylation sites (tertiary alicyclic amines) is 1. The van der Waals surface area contributed by atoms with Gasteiger partial charge in [-0.1, -0.05) is 11.6 Å². The van der Waals surface area contributed by atoms with Gasteiger partial charge < -0.3 is 14.5 Å². The monoisotopic (exact) mass is 225 g/mol. The van der Waals surface area contributed by atoms with Gasteiger partial charge in [0.25, 0.3) is 0 Å². The molecule has 1 aliphatic rings. The predicted octanol–water partition coefficient (Wildman–Crippen LogP) is 1.15. The molecular formula is C11H19N3O2. The first-order valence-corrected chi connectivity index (χ1v) is 5.98. The molecule has 90 valence electrons. The van der Waals surface area contributed by atoms with E-state index in [0.717, 1.165) is 13.0 Å². The Morgan fingerprint density at radius 2 is 2.12 bits per heavy atom. The molecule has 2 heterocycles. The third-order valence-electron chi connectivity index (χ3n) is 2.95. The molecule has 1 saturated heterocycles. The summed E-state index contributed by atoms with van der Waals surface area (Å²) in [6.45, 7) is 4.97. The maximum Gasteiger partial charge on any atom is 0.228 e. The van der Waals surface area contributed by atoms with E-state index in [-0.39, 0.29) is 0 Å². The van der Waals surface area contributed by atoms with Crippen molar-refractivity contribution < 1.29 is 9.63 Å². The molecule has 0 radical (unpaired) electrons. The van der Waals surface area contributed by atoms with Gasteiger partial charge in [0.05, 0.1) is 0 Å². The highest BCUT2D eigenvalue weighted by atomic mass is 16.5. The molecule has 5 heteroatoms. The van der Waals surface area contributed by atoms with Crippen molar-refractivity contribution in [1.29, 1.82) is 0 Å². The van der Waals surface area contributed by atoms with Crippen LogP contribution in [0.4, 0.5) is 0 Å². The Morgan fingerprint density at radius 1 is 1.38 bits per heavy atom. The van der Waals surface area contributed by atoms with Crippen LogP contribution in [0.1, 0.15) is 44.0 Å². The standard InChI is InChI=1S/C11H19N3O2/c1-9(15)11-12-10(16-13-11)5-8-14-6-3-2-4-7-14/h9,15H,2-8H2,1H3. The minimum Gasteiger partial charge on any atom is -0.385 e. The van der Waals surface area contributed by atoms with Gasteiger partial charge in [-0.05, 0) is 32.9 Å². The molecule has 0 saturated carbocycles. The summed E-state index contributed by atoms with van der Waals surface area (Å²) in [5, 5.41) is 13.0. The third kappa shape index (κ3) is 3.02. The van der Waals surface area contributed by atoms with Crippen molar-refractivity contribution in [3.05, 3.63) is 11.7 Å². The first kappa shape index (κ1) is 11.5. The van der Waals surface area contributed by atoms with E-state index in [1.807, 2.05) is 0 Å². The van der Waals surface area contributed by atoms with Crippen molar-refractivity contribution in [2.45, 2.75) is 38.7 Å². The summed E-state index contributed by atoms with van der Waals surface area (Å²) in [5.74, 6) is 1.01. The lowest BCUT2D eigenvalue weighted by Gasteiger charge is -2.25. The van der Waals surface area contributed by atoms with Crippen molar-refractivity contribution in [1.82, 2.24) is 15.0 Å². The Kier molecular flexibility index (Phi) is 3.90. The van der Waals surface area contributed by atoms with Crippen molar-refractivity contribution in [3.8, 4) is 0 Å². The molecule has 0 aliphatic carbocycles. The lowest BCUT2D eigenvalue weighted by molar-refractivity contribution is 0.184. The van der Waals surface area contributed by atoms with Gasteiger partial charge in [0, 0.05) is 13.0 Å². The van der Waals surface area contributed by atoms with Crippen LogP contribution in [0.3, 0.4) is 0 Å². The van der Waals surface area contributed by atoms with Crippen LogP contribution in [0.2, 0.25) is 0 Å². The normalized spacial score (nSPS) is 19.9. The van der Waals surface area contributed by atoms with Crippen LogP contribution in [-0.2, 0) is 6.42 Å². The highest BCUT2D eigenvalue weighted by Gasteiger charge is 2.13. The number of hydrogen-bond donors (Lipinski definition) is 1. The molecular weight excluding hydrogens is 206 g/mol. The molecule has 1 aromatic heterocycles. The Bertz CT molecular complexity index is 319. The van der Waals surface area contributed by atoms with E-state index in [1.54, 1.807) is 6.92 Å². The topological polar surface area (TPSA) is 62.4 Å². The molecule has 0 bridgehead atoms. The molecule has 0 spiro atoms. The molecule has 1 aliphatic heterocycles. The molecule has 1 atom stereocenters. The fourth-order valence-electron chi connectivity index (χ4n) is 1.98. The van der Waals surface area contributed by atoms with Gasteiger partial charge in [0.1, 0.15) is 6.10 Å². The third-order valence-corrected chi connectivity index (χ3v) is 2.95. The molecule has 0 aromatic carbocycles. The van der Waals surface area contributed by atoms with E-state index in [4.69, 9.17) is 4.52 Å². The summed E-state index contributed by atoms with van der Waals surface area (Å²) >= 11 is 0. The lowest BCUT2D eigenvalue weighted by atomic mass is 10.1. The summed E-state index contributed by atoms with van der Waals surface area (Å²) in [7, 11) is 0. The first-order valence-electron chi connectivity index (χ1n) is 5.98. The van der Waals surface area contributed by atoms with Gasteiger partial charge in [0.2, 0.25) is 5.89 Å². The van der Waals surface area contributed by atoms with Gasteiger partial charge in [-0.15, -0.1) is 0 Å². The first-order chi connectivity index (χ1) is 7.75. The molecule has 2 rings (SSSR count). The molecule has 16 heavy (non-hydrogen) atoms. The van der Waals surface area contributed by atoms with E-state index in [0.29, 0.717) is 11.7 Å². The summed E-state index contributed by atoms with van der Waals surface area (Å²) in [6.07, 6.45) is 4.07. The van der Waals surface area contributed by atoms with Crippen molar-refractivity contribution in [2.75, 3.05) is 19.6 Å². The number of aliphatic hydroxyl groups excluding tert-OH is 1. The Morgan fingerprint density at radius 3 is 2.75 bits per heavy atom. The molecule has 1 unspecified atom stereocenters. The summed E-state index contributed by atoms with van der Waals surface area (Å²) in [6, 6.07) is 0.